The molecular weight excluding hydrogens is 391 g/mol. The molecule has 0 bridgehead atoms. The first-order valence-corrected chi connectivity index (χ1v) is 10.1. The minimum absolute atomic E-state index is 0.0906. The Labute approximate surface area is 164 Å². The van der Waals surface area contributed by atoms with E-state index in [9.17, 15) is 9.18 Å². The number of anilines is 1. The topological polar surface area (TPSA) is 98.8 Å². The van der Waals surface area contributed by atoms with Crippen LogP contribution in [0.25, 0.3) is 0 Å². The Morgan fingerprint density at radius 2 is 2.30 bits per heavy atom. The number of nitrogens with two attached hydrogens (primary N) is 1. The number of oxime groups is 1. The summed E-state index contributed by atoms with van der Waals surface area (Å²) in [5.41, 5.74) is 6.19. The van der Waals surface area contributed by atoms with E-state index in [0.29, 0.717) is 31.7 Å². The molecule has 3 rings (SSSR count). The van der Waals surface area contributed by atoms with Crippen molar-refractivity contribution in [2.45, 2.75) is 17.4 Å². The molecule has 1 saturated heterocycles. The Kier molecular flexibility index (Phi) is 7.16. The van der Waals surface area contributed by atoms with Crippen molar-refractivity contribution in [3.05, 3.63) is 41.2 Å². The third-order valence-corrected chi connectivity index (χ3v) is 5.35. The Bertz CT molecular complexity index is 792. The first kappa shape index (κ1) is 19.7. The quantitative estimate of drug-likeness (QED) is 0.394. The van der Waals surface area contributed by atoms with E-state index in [1.54, 1.807) is 23.9 Å². The van der Waals surface area contributed by atoms with E-state index in [4.69, 9.17) is 15.3 Å². The molecule has 1 atom stereocenters. The van der Waals surface area contributed by atoms with E-state index >= 15 is 0 Å². The van der Waals surface area contributed by atoms with E-state index in [2.05, 4.69) is 15.5 Å². The van der Waals surface area contributed by atoms with Gasteiger partial charge in [0.1, 0.15) is 0 Å². The van der Waals surface area contributed by atoms with Crippen molar-refractivity contribution >= 4 is 39.8 Å². The minimum Gasteiger partial charge on any atom is -0.389 e. The maximum absolute atomic E-state index is 13.1. The van der Waals surface area contributed by atoms with Crippen molar-refractivity contribution in [3.8, 4) is 0 Å². The van der Waals surface area contributed by atoms with E-state index < -0.39 is 11.0 Å². The summed E-state index contributed by atoms with van der Waals surface area (Å²) < 4.78 is 18.4. The van der Waals surface area contributed by atoms with Gasteiger partial charge in [-0.1, -0.05) is 28.6 Å². The molecule has 1 aromatic heterocycles. The summed E-state index contributed by atoms with van der Waals surface area (Å²) in [6.45, 7) is 1.63. The van der Waals surface area contributed by atoms with Crippen LogP contribution in [0.2, 0.25) is 0 Å². The van der Waals surface area contributed by atoms with E-state index in [-0.39, 0.29) is 16.9 Å². The van der Waals surface area contributed by atoms with Crippen LogP contribution in [0.4, 0.5) is 9.52 Å². The van der Waals surface area contributed by atoms with Crippen molar-refractivity contribution in [2.75, 3.05) is 30.8 Å². The van der Waals surface area contributed by atoms with Crippen molar-refractivity contribution in [1.82, 2.24) is 4.98 Å². The minimum atomic E-state index is -0.523. The van der Waals surface area contributed by atoms with Gasteiger partial charge in [0, 0.05) is 29.2 Å². The number of carbonyl (C=O) groups excluding carboxylic acids is 1. The molecule has 10 heteroatoms. The first-order chi connectivity index (χ1) is 13.2. The van der Waals surface area contributed by atoms with Gasteiger partial charge >= 0.3 is 0 Å². The molecule has 0 saturated carbocycles. The van der Waals surface area contributed by atoms with Gasteiger partial charge in [-0.05, 0) is 12.1 Å². The summed E-state index contributed by atoms with van der Waals surface area (Å²) in [5, 5.41) is 6.28. The Balaban J connectivity index is 1.77. The molecule has 2 aromatic rings. The lowest BCUT2D eigenvalue weighted by Gasteiger charge is -2.10. The second kappa shape index (κ2) is 9.79. The fourth-order valence-corrected chi connectivity index (χ4v) is 3.52. The fourth-order valence-electron chi connectivity index (χ4n) is 2.30. The molecule has 2 heterocycles. The van der Waals surface area contributed by atoms with Gasteiger partial charge in [-0.25, -0.2) is 4.98 Å². The average Bonchev–Trinajstić information content (AvgIpc) is 3.33. The van der Waals surface area contributed by atoms with Crippen molar-refractivity contribution < 1.29 is 18.8 Å². The van der Waals surface area contributed by atoms with Crippen LogP contribution in [0.5, 0.6) is 0 Å². The first-order valence-electron chi connectivity index (χ1n) is 8.33. The highest BCUT2D eigenvalue weighted by Gasteiger charge is 2.21. The molecule has 7 nitrogen and oxygen atoms in total. The van der Waals surface area contributed by atoms with Crippen LogP contribution in [0.3, 0.4) is 0 Å². The van der Waals surface area contributed by atoms with Gasteiger partial charge in [0.2, 0.25) is 0 Å². The number of carbonyl (C=O) groups is 1. The lowest BCUT2D eigenvalue weighted by molar-refractivity contribution is -0.110. The maximum atomic E-state index is 13.1. The Morgan fingerprint density at radius 1 is 1.48 bits per heavy atom. The highest BCUT2D eigenvalue weighted by atomic mass is 32.2. The van der Waals surface area contributed by atoms with E-state index in [0.717, 1.165) is 28.2 Å². The SMILES string of the molecule is NCCSc1ccc(/C(=N\O[C@@H]2CCOC2)C(=O)Nc2ncc(F)s2)cc1. The molecule has 0 unspecified atom stereocenters. The number of nitrogens with one attached hydrogen (secondary N) is 1. The van der Waals surface area contributed by atoms with Crippen LogP contribution in [-0.2, 0) is 14.4 Å². The second-order valence-electron chi connectivity index (χ2n) is 5.62. The summed E-state index contributed by atoms with van der Waals surface area (Å²) in [5.74, 6) is 0.284. The lowest BCUT2D eigenvalue weighted by Crippen LogP contribution is -2.25. The largest absolute Gasteiger partial charge is 0.389 e. The normalized spacial score (nSPS) is 17.1. The number of ether oxygens (including phenoxy) is 1. The predicted molar refractivity (Wildman–Crippen MR) is 104 cm³/mol. The zero-order valence-corrected chi connectivity index (χ0v) is 16.0. The summed E-state index contributed by atoms with van der Waals surface area (Å²) in [4.78, 5) is 23.0. The summed E-state index contributed by atoms with van der Waals surface area (Å²) in [6, 6.07) is 7.35. The van der Waals surface area contributed by atoms with Gasteiger partial charge in [0.05, 0.1) is 19.4 Å². The van der Waals surface area contributed by atoms with Gasteiger partial charge < -0.3 is 15.3 Å². The number of amides is 1. The molecule has 144 valence electrons. The van der Waals surface area contributed by atoms with Crippen LogP contribution >= 0.6 is 23.1 Å². The molecule has 0 spiro atoms. The van der Waals surface area contributed by atoms with E-state index in [1.165, 1.54) is 0 Å². The number of hydrogen-bond acceptors (Lipinski definition) is 8. The van der Waals surface area contributed by atoms with Crippen LogP contribution in [0.1, 0.15) is 12.0 Å². The van der Waals surface area contributed by atoms with E-state index in [1.807, 2.05) is 12.1 Å². The van der Waals surface area contributed by atoms with Gasteiger partial charge in [0.25, 0.3) is 5.91 Å². The maximum Gasteiger partial charge on any atom is 0.280 e. The van der Waals surface area contributed by atoms with Crippen LogP contribution < -0.4 is 11.1 Å². The molecule has 1 aromatic carbocycles. The summed E-state index contributed by atoms with van der Waals surface area (Å²) >= 11 is 2.37. The molecule has 1 fully saturated rings. The smallest absolute Gasteiger partial charge is 0.280 e. The zero-order valence-electron chi connectivity index (χ0n) is 14.4. The van der Waals surface area contributed by atoms with Crippen molar-refractivity contribution in [3.63, 3.8) is 0 Å². The molecular formula is C17H19FN4O3S2. The monoisotopic (exact) mass is 410 g/mol. The van der Waals surface area contributed by atoms with Crippen molar-refractivity contribution in [1.29, 1.82) is 0 Å². The molecule has 0 radical (unpaired) electrons. The van der Waals surface area contributed by atoms with Crippen molar-refractivity contribution in [2.24, 2.45) is 10.9 Å². The number of nitrogens with zero attached hydrogens (tertiary/aromatic N) is 2. The number of hydrogen-bond donors (Lipinski definition) is 2. The van der Waals surface area contributed by atoms with Gasteiger partial charge in [-0.15, -0.1) is 11.8 Å². The highest BCUT2D eigenvalue weighted by Crippen LogP contribution is 2.20. The number of rotatable bonds is 8. The Morgan fingerprint density at radius 3 is 2.93 bits per heavy atom. The number of benzene rings is 1. The molecule has 1 amide bonds. The van der Waals surface area contributed by atoms with Crippen LogP contribution in [0, 0.1) is 5.13 Å². The van der Waals surface area contributed by atoms with Crippen LogP contribution in [0.15, 0.2) is 40.5 Å². The molecule has 0 aliphatic carbocycles. The Hall–Kier alpha value is -2.01. The van der Waals surface area contributed by atoms with Gasteiger partial charge in [0.15, 0.2) is 22.1 Å². The molecule has 27 heavy (non-hydrogen) atoms. The zero-order chi connectivity index (χ0) is 19.1. The number of thioether (sulfide) groups is 1. The highest BCUT2D eigenvalue weighted by molar-refractivity contribution is 7.99. The number of halogens is 1. The lowest BCUT2D eigenvalue weighted by atomic mass is 10.1. The second-order valence-corrected chi connectivity index (χ2v) is 7.77. The predicted octanol–water partition coefficient (Wildman–Crippen LogP) is 2.48. The number of aromatic nitrogens is 1. The third kappa shape index (κ3) is 5.73. The average molecular weight is 410 g/mol. The standard InChI is InChI=1S/C17H19FN4O3S2/c18-14-9-20-17(27-14)21-16(23)15(22-25-12-5-7-24-10-12)11-1-3-13(4-2-11)26-8-6-19/h1-4,9,12H,5-8,10,19H2,(H,20,21,23)/b22-15+/t12-/m1/s1. The van der Waals surface area contributed by atoms with Gasteiger partial charge in [-0.3, -0.25) is 10.1 Å². The van der Waals surface area contributed by atoms with Gasteiger partial charge in [-0.2, -0.15) is 4.39 Å². The summed E-state index contributed by atoms with van der Waals surface area (Å²) in [6.07, 6.45) is 1.57. The molecule has 1 aliphatic rings. The molecule has 1 aliphatic heterocycles. The summed E-state index contributed by atoms with van der Waals surface area (Å²) in [7, 11) is 0. The third-order valence-electron chi connectivity index (χ3n) is 3.61. The number of thiazole rings is 1. The molecule has 3 N–H and O–H groups in total. The van der Waals surface area contributed by atoms with Crippen LogP contribution in [-0.4, -0.2) is 48.2 Å². The fraction of sp³-hybridized carbons (Fsp3) is 0.353.